The minimum Gasteiger partial charge on any atom is -0.450 e. The van der Waals surface area contributed by atoms with Crippen LogP contribution in [-0.4, -0.2) is 6.04 Å². The summed E-state index contributed by atoms with van der Waals surface area (Å²) in [5, 5.41) is 0.449. The van der Waals surface area contributed by atoms with Crippen molar-refractivity contribution in [3.05, 3.63) is 23.1 Å². The standard InChI is InChI=1S/C8H12ClNO/c1-6(10)2-3-7-4-5-8(9)11-7/h4-6H,2-3,10H2,1H3/t6-/m0/s1. The third-order valence-electron chi connectivity index (χ3n) is 1.47. The van der Waals surface area contributed by atoms with Crippen LogP contribution in [0.25, 0.3) is 0 Å². The van der Waals surface area contributed by atoms with Gasteiger partial charge in [-0.25, -0.2) is 0 Å². The average Bonchev–Trinajstić information content (AvgIpc) is 2.31. The molecule has 62 valence electrons. The minimum absolute atomic E-state index is 0.221. The second kappa shape index (κ2) is 3.79. The van der Waals surface area contributed by atoms with Crippen LogP contribution in [0.15, 0.2) is 16.5 Å². The Bertz CT molecular complexity index is 220. The van der Waals surface area contributed by atoms with Crippen LogP contribution >= 0.6 is 11.6 Å². The van der Waals surface area contributed by atoms with Crippen molar-refractivity contribution in [2.45, 2.75) is 25.8 Å². The lowest BCUT2D eigenvalue weighted by molar-refractivity contribution is 0.492. The maximum absolute atomic E-state index is 5.58. The molecular weight excluding hydrogens is 162 g/mol. The summed E-state index contributed by atoms with van der Waals surface area (Å²) < 4.78 is 5.14. The molecule has 0 unspecified atom stereocenters. The number of hydrogen-bond donors (Lipinski definition) is 1. The number of halogens is 1. The van der Waals surface area contributed by atoms with Gasteiger partial charge in [0.2, 0.25) is 0 Å². The Kier molecular flexibility index (Phi) is 2.97. The molecule has 0 saturated heterocycles. The molecule has 0 aromatic carbocycles. The molecule has 2 nitrogen and oxygen atoms in total. The Morgan fingerprint density at radius 2 is 2.36 bits per heavy atom. The van der Waals surface area contributed by atoms with Crippen LogP contribution in [0.2, 0.25) is 5.22 Å². The monoisotopic (exact) mass is 173 g/mol. The van der Waals surface area contributed by atoms with Gasteiger partial charge in [0.15, 0.2) is 5.22 Å². The van der Waals surface area contributed by atoms with Crippen molar-refractivity contribution in [3.8, 4) is 0 Å². The van der Waals surface area contributed by atoms with Gasteiger partial charge in [-0.2, -0.15) is 0 Å². The van der Waals surface area contributed by atoms with Crippen LogP contribution in [0, 0.1) is 0 Å². The van der Waals surface area contributed by atoms with Crippen molar-refractivity contribution in [1.29, 1.82) is 0 Å². The van der Waals surface area contributed by atoms with E-state index < -0.39 is 0 Å². The highest BCUT2D eigenvalue weighted by atomic mass is 35.5. The lowest BCUT2D eigenvalue weighted by atomic mass is 10.2. The van der Waals surface area contributed by atoms with Crippen LogP contribution < -0.4 is 5.73 Å². The maximum Gasteiger partial charge on any atom is 0.193 e. The summed E-state index contributed by atoms with van der Waals surface area (Å²) in [6.45, 7) is 1.98. The van der Waals surface area contributed by atoms with E-state index in [1.165, 1.54) is 0 Å². The predicted molar refractivity (Wildman–Crippen MR) is 45.7 cm³/mol. The molecule has 0 radical (unpaired) electrons. The van der Waals surface area contributed by atoms with E-state index in [1.807, 2.05) is 13.0 Å². The lowest BCUT2D eigenvalue weighted by Gasteiger charge is -2.00. The summed E-state index contributed by atoms with van der Waals surface area (Å²) in [6.07, 6.45) is 1.80. The zero-order valence-electron chi connectivity index (χ0n) is 6.51. The smallest absolute Gasteiger partial charge is 0.193 e. The molecule has 0 aliphatic carbocycles. The average molecular weight is 174 g/mol. The van der Waals surface area contributed by atoms with Crippen LogP contribution in [0.4, 0.5) is 0 Å². The van der Waals surface area contributed by atoms with E-state index >= 15 is 0 Å². The number of furan rings is 1. The molecule has 0 saturated carbocycles. The Balaban J connectivity index is 2.39. The van der Waals surface area contributed by atoms with E-state index in [4.69, 9.17) is 21.8 Å². The van der Waals surface area contributed by atoms with E-state index in [0.29, 0.717) is 5.22 Å². The van der Waals surface area contributed by atoms with Gasteiger partial charge < -0.3 is 10.2 Å². The molecule has 2 N–H and O–H groups in total. The Hall–Kier alpha value is -0.470. The second-order valence-electron chi connectivity index (χ2n) is 2.72. The second-order valence-corrected chi connectivity index (χ2v) is 3.09. The zero-order chi connectivity index (χ0) is 8.27. The normalized spacial score (nSPS) is 13.4. The SMILES string of the molecule is C[C@H](N)CCc1ccc(Cl)o1. The van der Waals surface area contributed by atoms with Crippen molar-refractivity contribution in [1.82, 2.24) is 0 Å². The van der Waals surface area contributed by atoms with Crippen LogP contribution in [-0.2, 0) is 6.42 Å². The van der Waals surface area contributed by atoms with Crippen LogP contribution in [0.1, 0.15) is 19.1 Å². The Morgan fingerprint density at radius 3 is 2.82 bits per heavy atom. The Morgan fingerprint density at radius 1 is 1.64 bits per heavy atom. The first kappa shape index (κ1) is 8.62. The van der Waals surface area contributed by atoms with Crippen molar-refractivity contribution >= 4 is 11.6 Å². The van der Waals surface area contributed by atoms with Gasteiger partial charge in [0.1, 0.15) is 5.76 Å². The highest BCUT2D eigenvalue weighted by molar-refractivity contribution is 6.28. The molecule has 1 aromatic rings. The quantitative estimate of drug-likeness (QED) is 0.762. The van der Waals surface area contributed by atoms with E-state index in [1.54, 1.807) is 6.07 Å². The van der Waals surface area contributed by atoms with E-state index in [-0.39, 0.29) is 6.04 Å². The topological polar surface area (TPSA) is 39.2 Å². The summed E-state index contributed by atoms with van der Waals surface area (Å²) in [5.41, 5.74) is 5.57. The Labute approximate surface area is 71.3 Å². The summed E-state index contributed by atoms with van der Waals surface area (Å²) in [4.78, 5) is 0. The first-order valence-corrected chi connectivity index (χ1v) is 4.06. The summed E-state index contributed by atoms with van der Waals surface area (Å²) in [5.74, 6) is 0.910. The van der Waals surface area contributed by atoms with Crippen molar-refractivity contribution in [2.75, 3.05) is 0 Å². The molecule has 0 aliphatic rings. The summed E-state index contributed by atoms with van der Waals surface area (Å²) in [6, 6.07) is 3.85. The fourth-order valence-electron chi connectivity index (χ4n) is 0.856. The molecule has 1 atom stereocenters. The highest BCUT2D eigenvalue weighted by Crippen LogP contribution is 2.14. The third kappa shape index (κ3) is 2.95. The van der Waals surface area contributed by atoms with Crippen LogP contribution in [0.5, 0.6) is 0 Å². The van der Waals surface area contributed by atoms with Gasteiger partial charge in [-0.05, 0) is 37.1 Å². The predicted octanol–water partition coefficient (Wildman–Crippen LogP) is 2.21. The van der Waals surface area contributed by atoms with Gasteiger partial charge in [-0.3, -0.25) is 0 Å². The summed E-state index contributed by atoms with van der Waals surface area (Å²) in [7, 11) is 0. The molecular formula is C8H12ClNO. The number of aryl methyl sites for hydroxylation is 1. The van der Waals surface area contributed by atoms with Gasteiger partial charge in [0.25, 0.3) is 0 Å². The zero-order valence-corrected chi connectivity index (χ0v) is 7.27. The first-order valence-electron chi connectivity index (χ1n) is 3.68. The van der Waals surface area contributed by atoms with Gasteiger partial charge >= 0.3 is 0 Å². The molecule has 0 fully saturated rings. The van der Waals surface area contributed by atoms with E-state index in [0.717, 1.165) is 18.6 Å². The molecule has 0 aliphatic heterocycles. The summed E-state index contributed by atoms with van der Waals surface area (Å²) >= 11 is 5.58. The minimum atomic E-state index is 0.221. The van der Waals surface area contributed by atoms with Crippen molar-refractivity contribution in [2.24, 2.45) is 5.73 Å². The molecule has 3 heteroatoms. The molecule has 0 amide bonds. The van der Waals surface area contributed by atoms with Gasteiger partial charge in [-0.1, -0.05) is 0 Å². The molecule has 11 heavy (non-hydrogen) atoms. The number of nitrogens with two attached hydrogens (primary N) is 1. The van der Waals surface area contributed by atoms with Gasteiger partial charge in [0, 0.05) is 12.5 Å². The van der Waals surface area contributed by atoms with Crippen molar-refractivity contribution in [3.63, 3.8) is 0 Å². The van der Waals surface area contributed by atoms with E-state index in [9.17, 15) is 0 Å². The number of rotatable bonds is 3. The molecule has 1 heterocycles. The molecule has 1 aromatic heterocycles. The van der Waals surface area contributed by atoms with E-state index in [2.05, 4.69) is 0 Å². The van der Waals surface area contributed by atoms with Gasteiger partial charge in [0.05, 0.1) is 0 Å². The maximum atomic E-state index is 5.58. The van der Waals surface area contributed by atoms with Crippen molar-refractivity contribution < 1.29 is 4.42 Å². The third-order valence-corrected chi connectivity index (χ3v) is 1.68. The fraction of sp³-hybridized carbons (Fsp3) is 0.500. The number of hydrogen-bond acceptors (Lipinski definition) is 2. The molecule has 1 rings (SSSR count). The highest BCUT2D eigenvalue weighted by Gasteiger charge is 2.00. The largest absolute Gasteiger partial charge is 0.450 e. The first-order chi connectivity index (χ1) is 5.18. The van der Waals surface area contributed by atoms with Crippen LogP contribution in [0.3, 0.4) is 0 Å². The fourth-order valence-corrected chi connectivity index (χ4v) is 1.02. The molecule has 0 bridgehead atoms. The molecule has 0 spiro atoms. The van der Waals surface area contributed by atoms with Gasteiger partial charge in [-0.15, -0.1) is 0 Å². The lowest BCUT2D eigenvalue weighted by Crippen LogP contribution is -2.15.